The Labute approximate surface area is 138 Å². The zero-order valence-electron chi connectivity index (χ0n) is 12.4. The number of carbonyl (C=O) groups excluding carboxylic acids is 2. The molecule has 0 fully saturated rings. The minimum atomic E-state index is -0.276. The van der Waals surface area contributed by atoms with Crippen molar-refractivity contribution < 1.29 is 14.3 Å². The molecule has 0 saturated carbocycles. The van der Waals surface area contributed by atoms with Crippen LogP contribution in [-0.4, -0.2) is 18.8 Å². The molecule has 0 saturated heterocycles. The number of allylic oxidation sites excluding steroid dienone is 1. The second-order valence-corrected chi connectivity index (χ2v) is 5.63. The molecule has 0 unspecified atom stereocenters. The molecular weight excluding hydrogens is 314 g/mol. The number of rotatable bonds is 3. The van der Waals surface area contributed by atoms with E-state index in [-0.39, 0.29) is 11.7 Å². The maximum absolute atomic E-state index is 12.3. The zero-order chi connectivity index (χ0) is 16.4. The van der Waals surface area contributed by atoms with Crippen molar-refractivity contribution in [2.45, 2.75) is 6.42 Å². The molecule has 5 heteroatoms. The highest BCUT2D eigenvalue weighted by Gasteiger charge is 2.21. The van der Waals surface area contributed by atoms with Crippen LogP contribution in [0.1, 0.15) is 15.9 Å². The molecule has 0 spiro atoms. The molecule has 23 heavy (non-hydrogen) atoms. The molecule has 1 N–H and O–H groups in total. The summed E-state index contributed by atoms with van der Waals surface area (Å²) in [5.41, 5.74) is 2.56. The lowest BCUT2D eigenvalue weighted by Crippen LogP contribution is -2.23. The van der Waals surface area contributed by atoms with E-state index in [4.69, 9.17) is 16.3 Å². The quantitative estimate of drug-likeness (QED) is 0.691. The highest BCUT2D eigenvalue weighted by atomic mass is 35.5. The van der Waals surface area contributed by atoms with Gasteiger partial charge in [-0.05, 0) is 48.0 Å². The third-order valence-corrected chi connectivity index (χ3v) is 3.91. The maximum atomic E-state index is 12.3. The van der Waals surface area contributed by atoms with E-state index in [1.165, 1.54) is 6.08 Å². The van der Waals surface area contributed by atoms with Gasteiger partial charge in [0.15, 0.2) is 5.78 Å². The third kappa shape index (κ3) is 3.27. The number of nitrogens with one attached hydrogen (secondary N) is 1. The number of hydrogen-bond acceptors (Lipinski definition) is 3. The lowest BCUT2D eigenvalue weighted by atomic mass is 9.96. The van der Waals surface area contributed by atoms with Crippen LogP contribution in [0, 0.1) is 0 Å². The van der Waals surface area contributed by atoms with E-state index in [0.717, 1.165) is 5.56 Å². The molecular formula is C18H14ClNO3. The first-order chi connectivity index (χ1) is 11.1. The van der Waals surface area contributed by atoms with Gasteiger partial charge in [0.1, 0.15) is 5.75 Å². The number of ether oxygens (including phenoxy) is 1. The molecule has 2 aromatic carbocycles. The van der Waals surface area contributed by atoms with E-state index in [0.29, 0.717) is 34.0 Å². The molecule has 0 aliphatic carbocycles. The third-order valence-electron chi connectivity index (χ3n) is 3.67. The molecule has 3 rings (SSSR count). The fraction of sp³-hybridized carbons (Fsp3) is 0.111. The first-order valence-electron chi connectivity index (χ1n) is 7.05. The van der Waals surface area contributed by atoms with Crippen molar-refractivity contribution in [2.75, 3.05) is 12.4 Å². The van der Waals surface area contributed by atoms with Crippen LogP contribution in [0.2, 0.25) is 5.02 Å². The Bertz CT molecular complexity index is 810. The highest BCUT2D eigenvalue weighted by Crippen LogP contribution is 2.28. The van der Waals surface area contributed by atoms with E-state index in [2.05, 4.69) is 5.32 Å². The van der Waals surface area contributed by atoms with Gasteiger partial charge in [-0.1, -0.05) is 17.7 Å². The summed E-state index contributed by atoms with van der Waals surface area (Å²) in [6, 6.07) is 12.1. The van der Waals surface area contributed by atoms with Gasteiger partial charge >= 0.3 is 0 Å². The van der Waals surface area contributed by atoms with Crippen LogP contribution >= 0.6 is 11.6 Å². The lowest BCUT2D eigenvalue weighted by Gasteiger charge is -2.19. The molecule has 1 amide bonds. The number of halogens is 1. The van der Waals surface area contributed by atoms with Gasteiger partial charge in [-0.2, -0.15) is 0 Å². The van der Waals surface area contributed by atoms with E-state index >= 15 is 0 Å². The summed E-state index contributed by atoms with van der Waals surface area (Å²) >= 11 is 5.92. The van der Waals surface area contributed by atoms with Crippen molar-refractivity contribution >= 4 is 29.0 Å². The van der Waals surface area contributed by atoms with Crippen molar-refractivity contribution in [1.82, 2.24) is 0 Å². The van der Waals surface area contributed by atoms with Crippen LogP contribution in [0.25, 0.3) is 0 Å². The molecule has 0 bridgehead atoms. The SMILES string of the molecule is COc1ccc(C(=O)/C=C2\Cc3ccc(Cl)cc3NC2=O)cc1. The Kier molecular flexibility index (Phi) is 4.17. The smallest absolute Gasteiger partial charge is 0.252 e. The van der Waals surface area contributed by atoms with Crippen molar-refractivity contribution in [1.29, 1.82) is 0 Å². The Morgan fingerprint density at radius 3 is 2.65 bits per heavy atom. The number of hydrogen-bond donors (Lipinski definition) is 1. The van der Waals surface area contributed by atoms with Gasteiger partial charge in [0.2, 0.25) is 0 Å². The topological polar surface area (TPSA) is 55.4 Å². The Hall–Kier alpha value is -2.59. The molecule has 1 heterocycles. The fourth-order valence-electron chi connectivity index (χ4n) is 2.42. The summed E-state index contributed by atoms with van der Waals surface area (Å²) in [5.74, 6) is 0.187. The Balaban J connectivity index is 1.85. The zero-order valence-corrected chi connectivity index (χ0v) is 13.2. The minimum Gasteiger partial charge on any atom is -0.497 e. The largest absolute Gasteiger partial charge is 0.497 e. The number of ketones is 1. The number of amides is 1. The monoisotopic (exact) mass is 327 g/mol. The lowest BCUT2D eigenvalue weighted by molar-refractivity contribution is -0.113. The van der Waals surface area contributed by atoms with Gasteiger partial charge in [0, 0.05) is 28.3 Å². The van der Waals surface area contributed by atoms with Crippen LogP contribution < -0.4 is 10.1 Å². The maximum Gasteiger partial charge on any atom is 0.252 e. The van der Waals surface area contributed by atoms with E-state index in [9.17, 15) is 9.59 Å². The van der Waals surface area contributed by atoms with Crippen LogP contribution in [0.5, 0.6) is 5.75 Å². The second kappa shape index (κ2) is 6.26. The number of methoxy groups -OCH3 is 1. The minimum absolute atomic E-state index is 0.213. The number of fused-ring (bicyclic) bond motifs is 1. The van der Waals surface area contributed by atoms with E-state index in [1.54, 1.807) is 43.5 Å². The first-order valence-corrected chi connectivity index (χ1v) is 7.43. The van der Waals surface area contributed by atoms with Crippen molar-refractivity contribution in [2.24, 2.45) is 0 Å². The summed E-state index contributed by atoms with van der Waals surface area (Å²) < 4.78 is 5.06. The highest BCUT2D eigenvalue weighted by molar-refractivity contribution is 6.31. The van der Waals surface area contributed by atoms with Crippen LogP contribution in [-0.2, 0) is 11.2 Å². The average molecular weight is 328 g/mol. The molecule has 4 nitrogen and oxygen atoms in total. The average Bonchev–Trinajstić information content (AvgIpc) is 2.55. The van der Waals surface area contributed by atoms with Gasteiger partial charge in [0.05, 0.1) is 7.11 Å². The molecule has 116 valence electrons. The summed E-state index contributed by atoms with van der Waals surface area (Å²) in [4.78, 5) is 24.4. The van der Waals surface area contributed by atoms with Gasteiger partial charge in [-0.3, -0.25) is 9.59 Å². The van der Waals surface area contributed by atoms with Gasteiger partial charge in [-0.15, -0.1) is 0 Å². The Morgan fingerprint density at radius 2 is 1.96 bits per heavy atom. The van der Waals surface area contributed by atoms with Crippen LogP contribution in [0.4, 0.5) is 5.69 Å². The fourth-order valence-corrected chi connectivity index (χ4v) is 2.59. The number of carbonyl (C=O) groups is 2. The van der Waals surface area contributed by atoms with E-state index < -0.39 is 0 Å². The van der Waals surface area contributed by atoms with Gasteiger partial charge in [-0.25, -0.2) is 0 Å². The van der Waals surface area contributed by atoms with Gasteiger partial charge in [0.25, 0.3) is 5.91 Å². The van der Waals surface area contributed by atoms with Crippen molar-refractivity contribution in [3.8, 4) is 5.75 Å². The van der Waals surface area contributed by atoms with Gasteiger partial charge < -0.3 is 10.1 Å². The summed E-state index contributed by atoms with van der Waals surface area (Å²) in [7, 11) is 1.56. The Morgan fingerprint density at radius 1 is 1.22 bits per heavy atom. The molecule has 0 atom stereocenters. The summed E-state index contributed by atoms with van der Waals surface area (Å²) in [6.45, 7) is 0. The van der Waals surface area contributed by atoms with Crippen molar-refractivity contribution in [3.63, 3.8) is 0 Å². The molecule has 0 radical (unpaired) electrons. The number of benzene rings is 2. The summed E-state index contributed by atoms with van der Waals surface area (Å²) in [6.07, 6.45) is 1.79. The predicted octanol–water partition coefficient (Wildman–Crippen LogP) is 3.65. The molecule has 0 aromatic heterocycles. The molecule has 2 aromatic rings. The predicted molar refractivity (Wildman–Crippen MR) is 89.2 cm³/mol. The van der Waals surface area contributed by atoms with Crippen molar-refractivity contribution in [3.05, 3.63) is 70.3 Å². The molecule has 1 aliphatic heterocycles. The standard InChI is InChI=1S/C18H14ClNO3/c1-23-15-6-3-11(4-7-15)17(21)9-13-8-12-2-5-14(19)10-16(12)20-18(13)22/h2-7,9-10H,8H2,1H3,(H,20,22)/b13-9+. The number of anilines is 1. The molecule has 1 aliphatic rings. The first kappa shape index (κ1) is 15.3. The second-order valence-electron chi connectivity index (χ2n) is 5.19. The summed E-state index contributed by atoms with van der Waals surface area (Å²) in [5, 5.41) is 3.32. The normalized spacial score (nSPS) is 15.0. The van der Waals surface area contributed by atoms with E-state index in [1.807, 2.05) is 6.07 Å². The van der Waals surface area contributed by atoms with Crippen LogP contribution in [0.3, 0.4) is 0 Å². The van der Waals surface area contributed by atoms with Crippen LogP contribution in [0.15, 0.2) is 54.1 Å².